The third kappa shape index (κ3) is 7.47. The summed E-state index contributed by atoms with van der Waals surface area (Å²) in [5.41, 5.74) is 2.25. The summed E-state index contributed by atoms with van der Waals surface area (Å²) in [6, 6.07) is 19.9. The van der Waals surface area contributed by atoms with Crippen molar-refractivity contribution in [3.05, 3.63) is 102 Å². The normalized spacial score (nSPS) is 16.5. The number of nitrogens with zero attached hydrogens (tertiary/aromatic N) is 3. The van der Waals surface area contributed by atoms with Gasteiger partial charge in [0.25, 0.3) is 0 Å². The van der Waals surface area contributed by atoms with E-state index in [2.05, 4.69) is 30.3 Å². The molecule has 2 aromatic heterocycles. The van der Waals surface area contributed by atoms with Crippen LogP contribution >= 0.6 is 12.4 Å². The van der Waals surface area contributed by atoms with Gasteiger partial charge in [-0.15, -0.1) is 12.4 Å². The van der Waals surface area contributed by atoms with Crippen LogP contribution in [0.2, 0.25) is 0 Å². The van der Waals surface area contributed by atoms with Crippen LogP contribution in [0.5, 0.6) is 11.6 Å². The highest BCUT2D eigenvalue weighted by atomic mass is 35.5. The van der Waals surface area contributed by atoms with Crippen LogP contribution in [-0.4, -0.2) is 48.7 Å². The average molecular weight is 653 g/mol. The van der Waals surface area contributed by atoms with Gasteiger partial charge in [-0.05, 0) is 48.4 Å². The van der Waals surface area contributed by atoms with Crippen LogP contribution in [0.3, 0.4) is 0 Å². The molecule has 45 heavy (non-hydrogen) atoms. The smallest absolute Gasteiger partial charge is 0.237 e. The van der Waals surface area contributed by atoms with Crippen LogP contribution in [0.15, 0.2) is 85.2 Å². The summed E-state index contributed by atoms with van der Waals surface area (Å²) in [5, 5.41) is 7.08. The Hall–Kier alpha value is -4.39. The number of pyridine rings is 1. The van der Waals surface area contributed by atoms with Gasteiger partial charge in [-0.2, -0.15) is 0 Å². The first-order valence-electron chi connectivity index (χ1n) is 14.1. The van der Waals surface area contributed by atoms with Crippen molar-refractivity contribution in [1.29, 1.82) is 0 Å². The molecule has 1 saturated heterocycles. The highest BCUT2D eigenvalue weighted by Crippen LogP contribution is 2.39. The summed E-state index contributed by atoms with van der Waals surface area (Å²) in [7, 11) is -3.93. The summed E-state index contributed by atoms with van der Waals surface area (Å²) >= 11 is 0. The Morgan fingerprint density at radius 2 is 1.76 bits per heavy atom. The highest BCUT2D eigenvalue weighted by Gasteiger charge is 2.23. The van der Waals surface area contributed by atoms with Crippen LogP contribution in [0.1, 0.15) is 17.5 Å². The molecule has 0 saturated carbocycles. The predicted molar refractivity (Wildman–Crippen MR) is 174 cm³/mol. The monoisotopic (exact) mass is 652 g/mol. The van der Waals surface area contributed by atoms with Crippen molar-refractivity contribution in [2.75, 3.05) is 23.1 Å². The lowest BCUT2D eigenvalue weighted by Crippen LogP contribution is -2.44. The van der Waals surface area contributed by atoms with Crippen molar-refractivity contribution in [3.63, 3.8) is 0 Å². The fourth-order valence-corrected chi connectivity index (χ4v) is 6.43. The molecule has 1 fully saturated rings. The number of piperidine rings is 1. The van der Waals surface area contributed by atoms with Gasteiger partial charge in [-0.25, -0.2) is 32.2 Å². The molecular formula is C32H31ClF2N6O3S. The topological polar surface area (TPSA) is 118 Å². The molecule has 9 nitrogen and oxygen atoms in total. The number of nitrogens with one attached hydrogen (secondary N) is 3. The number of ether oxygens (including phenoxy) is 1. The number of anilines is 2. The van der Waals surface area contributed by atoms with Crippen molar-refractivity contribution in [2.45, 2.75) is 31.3 Å². The molecule has 3 heterocycles. The first kappa shape index (κ1) is 32.0. The van der Waals surface area contributed by atoms with Gasteiger partial charge < -0.3 is 15.4 Å². The SMILES string of the molecule is Cc1ccc2c(NS(=O)(=O)Cc3ccccc3)c(F)ccc2c1Oc1ncccc1-c1ccnc(N[C@@H]2CNC[C@@H](F)C2)n1.Cl. The van der Waals surface area contributed by atoms with Gasteiger partial charge >= 0.3 is 0 Å². The third-order valence-corrected chi connectivity index (χ3v) is 8.51. The van der Waals surface area contributed by atoms with E-state index >= 15 is 4.39 Å². The number of hydrogen-bond acceptors (Lipinski definition) is 8. The summed E-state index contributed by atoms with van der Waals surface area (Å²) in [5.74, 6) is -0.0392. The number of benzene rings is 3. The molecular weight excluding hydrogens is 622 g/mol. The minimum Gasteiger partial charge on any atom is -0.437 e. The number of fused-ring (bicyclic) bond motifs is 1. The van der Waals surface area contributed by atoms with E-state index in [1.54, 1.807) is 79.1 Å². The van der Waals surface area contributed by atoms with Gasteiger partial charge in [0.05, 0.1) is 22.7 Å². The Balaban J connectivity index is 0.00000400. The van der Waals surface area contributed by atoms with E-state index in [9.17, 15) is 12.8 Å². The number of aromatic nitrogens is 3. The molecule has 0 unspecified atom stereocenters. The molecule has 6 rings (SSSR count). The predicted octanol–water partition coefficient (Wildman–Crippen LogP) is 6.41. The number of alkyl halides is 1. The average Bonchev–Trinajstić information content (AvgIpc) is 3.00. The summed E-state index contributed by atoms with van der Waals surface area (Å²) < 4.78 is 63.9. The number of hydrogen-bond donors (Lipinski definition) is 3. The zero-order valence-electron chi connectivity index (χ0n) is 24.2. The van der Waals surface area contributed by atoms with Crippen LogP contribution in [-0.2, 0) is 15.8 Å². The Bertz CT molecular complexity index is 1920. The van der Waals surface area contributed by atoms with E-state index in [0.29, 0.717) is 58.8 Å². The highest BCUT2D eigenvalue weighted by molar-refractivity contribution is 7.91. The van der Waals surface area contributed by atoms with E-state index in [1.165, 1.54) is 6.07 Å². The lowest BCUT2D eigenvalue weighted by molar-refractivity contribution is 0.254. The number of sulfonamides is 1. The van der Waals surface area contributed by atoms with E-state index < -0.39 is 22.0 Å². The minimum atomic E-state index is -3.93. The van der Waals surface area contributed by atoms with Gasteiger partial charge in [-0.1, -0.05) is 42.5 Å². The molecule has 5 aromatic rings. The van der Waals surface area contributed by atoms with Gasteiger partial charge in [0.15, 0.2) is 0 Å². The maximum Gasteiger partial charge on any atom is 0.237 e. The zero-order valence-corrected chi connectivity index (χ0v) is 25.8. The summed E-state index contributed by atoms with van der Waals surface area (Å²) in [6.45, 7) is 2.76. The second kappa shape index (κ2) is 13.7. The number of halogens is 3. The van der Waals surface area contributed by atoms with Crippen molar-refractivity contribution >= 4 is 44.8 Å². The fourth-order valence-electron chi connectivity index (χ4n) is 5.21. The van der Waals surface area contributed by atoms with Crippen molar-refractivity contribution < 1.29 is 21.9 Å². The number of rotatable bonds is 9. The van der Waals surface area contributed by atoms with E-state index in [-0.39, 0.29) is 35.8 Å². The summed E-state index contributed by atoms with van der Waals surface area (Å²) in [4.78, 5) is 13.4. The molecule has 0 bridgehead atoms. The Kier molecular flexibility index (Phi) is 9.76. The lowest BCUT2D eigenvalue weighted by atomic mass is 10.0. The van der Waals surface area contributed by atoms with Crippen molar-refractivity contribution in [3.8, 4) is 22.9 Å². The second-order valence-electron chi connectivity index (χ2n) is 10.6. The molecule has 3 aromatic carbocycles. The lowest BCUT2D eigenvalue weighted by Gasteiger charge is -2.26. The quantitative estimate of drug-likeness (QED) is 0.167. The first-order valence-corrected chi connectivity index (χ1v) is 15.7. The summed E-state index contributed by atoms with van der Waals surface area (Å²) in [6.07, 6.45) is 2.59. The van der Waals surface area contributed by atoms with Gasteiger partial charge in [-0.3, -0.25) is 4.72 Å². The third-order valence-electron chi connectivity index (χ3n) is 7.29. The standard InChI is InChI=1S/C32H30F2N6O3S.ClH/c1-20-9-10-24-25(11-12-27(34)29(24)40-44(41,42)19-21-6-3-2-4-7-21)30(20)43-31-26(8-5-14-36-31)28-13-15-37-32(39-28)38-23-16-22(33)17-35-18-23;/h2-15,22-23,35,40H,16-19H2,1H3,(H,37,38,39);1H/t22-,23-;/m0./s1. The van der Waals surface area contributed by atoms with Crippen LogP contribution in [0, 0.1) is 12.7 Å². The Labute approximate surface area is 266 Å². The molecule has 13 heteroatoms. The van der Waals surface area contributed by atoms with Crippen molar-refractivity contribution in [2.24, 2.45) is 0 Å². The molecule has 1 aliphatic rings. The van der Waals surface area contributed by atoms with Gasteiger partial charge in [0, 0.05) is 48.7 Å². The molecule has 0 aliphatic carbocycles. The molecule has 0 amide bonds. The van der Waals surface area contributed by atoms with Gasteiger partial charge in [0.2, 0.25) is 21.9 Å². The molecule has 1 aliphatic heterocycles. The maximum absolute atomic E-state index is 15.1. The van der Waals surface area contributed by atoms with Crippen LogP contribution < -0.4 is 20.1 Å². The minimum absolute atomic E-state index is 0. The largest absolute Gasteiger partial charge is 0.437 e. The number of aryl methyl sites for hydroxylation is 1. The van der Waals surface area contributed by atoms with Crippen LogP contribution in [0.25, 0.3) is 22.0 Å². The van der Waals surface area contributed by atoms with E-state index in [1.807, 2.05) is 6.92 Å². The Morgan fingerprint density at radius 3 is 2.56 bits per heavy atom. The van der Waals surface area contributed by atoms with E-state index in [0.717, 1.165) is 5.56 Å². The van der Waals surface area contributed by atoms with E-state index in [4.69, 9.17) is 4.74 Å². The molecule has 2 atom stereocenters. The van der Waals surface area contributed by atoms with Crippen LogP contribution in [0.4, 0.5) is 20.4 Å². The Morgan fingerprint density at radius 1 is 0.956 bits per heavy atom. The molecule has 3 N–H and O–H groups in total. The fraction of sp³-hybridized carbons (Fsp3) is 0.219. The molecule has 0 spiro atoms. The molecule has 0 radical (unpaired) electrons. The second-order valence-corrected chi connectivity index (χ2v) is 12.4. The van der Waals surface area contributed by atoms with Crippen molar-refractivity contribution in [1.82, 2.24) is 20.3 Å². The van der Waals surface area contributed by atoms with Gasteiger partial charge in [0.1, 0.15) is 17.7 Å². The maximum atomic E-state index is 15.1. The first-order chi connectivity index (χ1) is 21.3. The molecule has 234 valence electrons. The zero-order chi connectivity index (χ0) is 30.7.